The maximum absolute atomic E-state index is 11.2. The van der Waals surface area contributed by atoms with Gasteiger partial charge in [-0.2, -0.15) is 0 Å². The molecular weight excluding hydrogens is 358 g/mol. The number of rotatable bonds is 9. The van der Waals surface area contributed by atoms with Gasteiger partial charge in [-0.15, -0.1) is 0 Å². The van der Waals surface area contributed by atoms with Crippen LogP contribution in [0.25, 0.3) is 0 Å². The van der Waals surface area contributed by atoms with Crippen molar-refractivity contribution in [3.63, 3.8) is 0 Å². The average molecular weight is 386 g/mol. The van der Waals surface area contributed by atoms with Crippen LogP contribution in [0.15, 0.2) is 46.2 Å². The molecule has 0 saturated carbocycles. The fraction of sp³-hybridized carbons (Fsp3) is 0.409. The van der Waals surface area contributed by atoms with Crippen molar-refractivity contribution in [2.24, 2.45) is 0 Å². The second-order valence-corrected chi connectivity index (χ2v) is 7.77. The highest BCUT2D eigenvalue weighted by Gasteiger charge is 2.25. The molecule has 2 aromatic carbocycles. The van der Waals surface area contributed by atoms with Crippen molar-refractivity contribution in [2.75, 3.05) is 25.7 Å². The molecule has 5 heteroatoms. The molecule has 0 N–H and O–H groups in total. The lowest BCUT2D eigenvalue weighted by Crippen LogP contribution is -2.22. The van der Waals surface area contributed by atoms with Gasteiger partial charge in [-0.05, 0) is 36.8 Å². The minimum atomic E-state index is -0.378. The Hall–Kier alpha value is -1.82. The number of carbonyl (C=O) groups excluding carboxylic acids is 1. The SMILES string of the molecule is CCCCCCN1c2ccc(C=O)cc2Sc2cc(C(OC)OC)ccc21. The average Bonchev–Trinajstić information content (AvgIpc) is 2.70. The second-order valence-electron chi connectivity index (χ2n) is 6.69. The molecule has 0 unspecified atom stereocenters. The zero-order valence-electron chi connectivity index (χ0n) is 16.2. The smallest absolute Gasteiger partial charge is 0.183 e. The van der Waals surface area contributed by atoms with Gasteiger partial charge in [0.25, 0.3) is 0 Å². The maximum atomic E-state index is 11.2. The number of aldehydes is 1. The lowest BCUT2D eigenvalue weighted by molar-refractivity contribution is -0.106. The number of methoxy groups -OCH3 is 2. The first-order valence-electron chi connectivity index (χ1n) is 9.46. The van der Waals surface area contributed by atoms with E-state index in [0.29, 0.717) is 5.56 Å². The van der Waals surface area contributed by atoms with Crippen LogP contribution < -0.4 is 4.90 Å². The highest BCUT2D eigenvalue weighted by Crippen LogP contribution is 2.49. The summed E-state index contributed by atoms with van der Waals surface area (Å²) in [6.07, 6.45) is 5.39. The molecule has 0 radical (unpaired) electrons. The number of nitrogens with zero attached hydrogens (tertiary/aromatic N) is 1. The number of ether oxygens (including phenoxy) is 2. The summed E-state index contributed by atoms with van der Waals surface area (Å²) in [5.41, 5.74) is 4.08. The Morgan fingerprint density at radius 2 is 1.70 bits per heavy atom. The molecule has 0 fully saturated rings. The van der Waals surface area contributed by atoms with E-state index in [1.54, 1.807) is 26.0 Å². The molecule has 1 aliphatic heterocycles. The Bertz CT molecular complexity index is 789. The summed E-state index contributed by atoms with van der Waals surface area (Å²) in [6.45, 7) is 3.20. The van der Waals surface area contributed by atoms with Crippen LogP contribution in [-0.2, 0) is 9.47 Å². The van der Waals surface area contributed by atoms with Gasteiger partial charge in [-0.3, -0.25) is 4.79 Å². The fourth-order valence-corrected chi connectivity index (χ4v) is 4.64. The van der Waals surface area contributed by atoms with Crippen LogP contribution in [0.1, 0.15) is 54.8 Å². The van der Waals surface area contributed by atoms with Gasteiger partial charge >= 0.3 is 0 Å². The predicted octanol–water partition coefficient (Wildman–Crippen LogP) is 5.97. The van der Waals surface area contributed by atoms with Crippen molar-refractivity contribution in [2.45, 2.75) is 48.7 Å². The summed E-state index contributed by atoms with van der Waals surface area (Å²) in [7, 11) is 3.29. The predicted molar refractivity (Wildman–Crippen MR) is 110 cm³/mol. The second kappa shape index (κ2) is 9.40. The molecule has 27 heavy (non-hydrogen) atoms. The third kappa shape index (κ3) is 4.37. The minimum absolute atomic E-state index is 0.378. The molecule has 0 aliphatic carbocycles. The van der Waals surface area contributed by atoms with Gasteiger partial charge in [-0.25, -0.2) is 0 Å². The van der Waals surface area contributed by atoms with Gasteiger partial charge in [0.05, 0.1) is 11.4 Å². The molecule has 1 heterocycles. The summed E-state index contributed by atoms with van der Waals surface area (Å²) in [5, 5.41) is 0. The number of hydrogen-bond acceptors (Lipinski definition) is 5. The monoisotopic (exact) mass is 385 g/mol. The molecular formula is C22H27NO3S. The zero-order chi connectivity index (χ0) is 19.2. The van der Waals surface area contributed by atoms with Crippen LogP contribution >= 0.6 is 11.8 Å². The Labute approximate surface area is 165 Å². The lowest BCUT2D eigenvalue weighted by Gasteiger charge is -2.33. The van der Waals surface area contributed by atoms with E-state index in [1.807, 2.05) is 12.1 Å². The Kier molecular flexibility index (Phi) is 6.94. The van der Waals surface area contributed by atoms with E-state index in [1.165, 1.54) is 30.6 Å². The van der Waals surface area contributed by atoms with Gasteiger partial charge in [0.2, 0.25) is 0 Å². The molecule has 1 aliphatic rings. The first-order valence-corrected chi connectivity index (χ1v) is 10.3. The summed E-state index contributed by atoms with van der Waals surface area (Å²) < 4.78 is 10.8. The van der Waals surface area contributed by atoms with Gasteiger partial charge in [0, 0.05) is 41.7 Å². The highest BCUT2D eigenvalue weighted by atomic mass is 32.2. The summed E-state index contributed by atoms with van der Waals surface area (Å²) >= 11 is 1.70. The Balaban J connectivity index is 1.96. The normalized spacial score (nSPS) is 12.8. The molecule has 3 rings (SSSR count). The van der Waals surface area contributed by atoms with E-state index in [9.17, 15) is 4.79 Å². The van der Waals surface area contributed by atoms with Gasteiger partial charge in [0.15, 0.2) is 6.29 Å². The summed E-state index contributed by atoms with van der Waals surface area (Å²) in [6, 6.07) is 12.3. The van der Waals surface area contributed by atoms with Crippen LogP contribution in [0.3, 0.4) is 0 Å². The van der Waals surface area contributed by atoms with Gasteiger partial charge < -0.3 is 14.4 Å². The topological polar surface area (TPSA) is 38.8 Å². The molecule has 0 amide bonds. The molecule has 0 saturated heterocycles. The van der Waals surface area contributed by atoms with Crippen LogP contribution in [0, 0.1) is 0 Å². The molecule has 0 spiro atoms. The van der Waals surface area contributed by atoms with Crippen molar-refractivity contribution < 1.29 is 14.3 Å². The fourth-order valence-electron chi connectivity index (χ4n) is 3.45. The summed E-state index contributed by atoms with van der Waals surface area (Å²) in [5.74, 6) is 0. The van der Waals surface area contributed by atoms with E-state index < -0.39 is 0 Å². The standard InChI is InChI=1S/C22H27NO3S/c1-4-5-6-7-12-23-18-10-8-16(15-24)13-20(18)27-21-14-17(9-11-19(21)23)22(25-2)26-3/h8-11,13-15,22H,4-7,12H2,1-3H3. The molecule has 2 aromatic rings. The lowest BCUT2D eigenvalue weighted by atomic mass is 10.1. The number of carbonyl (C=O) groups is 1. The molecule has 0 bridgehead atoms. The molecule has 4 nitrogen and oxygen atoms in total. The largest absolute Gasteiger partial charge is 0.352 e. The van der Waals surface area contributed by atoms with Crippen molar-refractivity contribution in [3.05, 3.63) is 47.5 Å². The van der Waals surface area contributed by atoms with E-state index in [2.05, 4.69) is 36.1 Å². The van der Waals surface area contributed by atoms with E-state index >= 15 is 0 Å². The first kappa shape index (κ1) is 19.9. The maximum Gasteiger partial charge on any atom is 0.183 e. The highest BCUT2D eigenvalue weighted by molar-refractivity contribution is 7.99. The van der Waals surface area contributed by atoms with Crippen LogP contribution in [-0.4, -0.2) is 27.1 Å². The number of fused-ring (bicyclic) bond motifs is 2. The van der Waals surface area contributed by atoms with E-state index in [0.717, 1.165) is 34.6 Å². The van der Waals surface area contributed by atoms with Crippen LogP contribution in [0.5, 0.6) is 0 Å². The quantitative estimate of drug-likeness (QED) is 0.302. The van der Waals surface area contributed by atoms with Gasteiger partial charge in [-0.1, -0.05) is 44.0 Å². The van der Waals surface area contributed by atoms with Crippen molar-refractivity contribution in [1.29, 1.82) is 0 Å². The molecule has 144 valence electrons. The van der Waals surface area contributed by atoms with Crippen LogP contribution in [0.4, 0.5) is 11.4 Å². The first-order chi connectivity index (χ1) is 13.2. The van der Waals surface area contributed by atoms with E-state index in [-0.39, 0.29) is 6.29 Å². The van der Waals surface area contributed by atoms with Crippen molar-refractivity contribution in [3.8, 4) is 0 Å². The Morgan fingerprint density at radius 1 is 1.00 bits per heavy atom. The molecule has 0 atom stereocenters. The minimum Gasteiger partial charge on any atom is -0.352 e. The number of benzene rings is 2. The number of unbranched alkanes of at least 4 members (excludes halogenated alkanes) is 3. The number of anilines is 2. The van der Waals surface area contributed by atoms with Crippen molar-refractivity contribution in [1.82, 2.24) is 0 Å². The Morgan fingerprint density at radius 3 is 2.37 bits per heavy atom. The third-order valence-electron chi connectivity index (χ3n) is 4.84. The van der Waals surface area contributed by atoms with Crippen molar-refractivity contribution >= 4 is 29.4 Å². The van der Waals surface area contributed by atoms with E-state index in [4.69, 9.17) is 9.47 Å². The van der Waals surface area contributed by atoms with Crippen LogP contribution in [0.2, 0.25) is 0 Å². The zero-order valence-corrected chi connectivity index (χ0v) is 17.1. The third-order valence-corrected chi connectivity index (χ3v) is 5.93. The molecule has 0 aromatic heterocycles. The number of hydrogen-bond donors (Lipinski definition) is 0. The van der Waals surface area contributed by atoms with Gasteiger partial charge in [0.1, 0.15) is 6.29 Å². The summed E-state index contributed by atoms with van der Waals surface area (Å²) in [4.78, 5) is 15.9.